The van der Waals surface area contributed by atoms with E-state index in [4.69, 9.17) is 72.4 Å². The Morgan fingerprint density at radius 1 is 0.311 bits per heavy atom. The molecule has 0 radical (unpaired) electrons. The topological polar surface area (TPSA) is 183 Å². The second-order valence-electron chi connectivity index (χ2n) is 8.89. The summed E-state index contributed by atoms with van der Waals surface area (Å²) in [5.41, 5.74) is 5.32. The molecular weight excluding hydrogens is 602 g/mol. The molecule has 0 amide bonds. The minimum atomic E-state index is -0.875. The monoisotopic (exact) mass is 661 g/mol. The molecule has 3 N–H and O–H groups in total. The number of rotatable bonds is 41. The molecule has 0 aromatic heterocycles. The Morgan fingerprint density at radius 2 is 0.467 bits per heavy atom. The van der Waals surface area contributed by atoms with E-state index in [-0.39, 0.29) is 13.0 Å². The summed E-state index contributed by atoms with van der Waals surface area (Å²) in [6, 6.07) is 0. The van der Waals surface area contributed by atoms with Gasteiger partial charge in [0.05, 0.1) is 178 Å². The van der Waals surface area contributed by atoms with E-state index in [1.807, 2.05) is 0 Å². The van der Waals surface area contributed by atoms with Gasteiger partial charge in [0.2, 0.25) is 0 Å². The summed E-state index contributed by atoms with van der Waals surface area (Å²) in [6.07, 6.45) is -0.00328. The summed E-state index contributed by atoms with van der Waals surface area (Å²) >= 11 is 0. The highest BCUT2D eigenvalue weighted by atomic mass is 16.6. The molecule has 16 nitrogen and oxygen atoms in total. The fraction of sp³-hybridized carbons (Fsp3) is 0.966. The van der Waals surface area contributed by atoms with Gasteiger partial charge in [0.1, 0.15) is 0 Å². The molecule has 0 bridgehead atoms. The lowest BCUT2D eigenvalue weighted by Gasteiger charge is -2.09. The van der Waals surface area contributed by atoms with E-state index in [2.05, 4.69) is 0 Å². The van der Waals surface area contributed by atoms with E-state index in [0.717, 1.165) is 0 Å². The lowest BCUT2D eigenvalue weighted by Crippen LogP contribution is -2.16. The molecule has 0 fully saturated rings. The van der Waals surface area contributed by atoms with Crippen molar-refractivity contribution in [3.05, 3.63) is 0 Å². The summed E-state index contributed by atoms with van der Waals surface area (Å²) in [5.74, 6) is -0.875. The van der Waals surface area contributed by atoms with Gasteiger partial charge in [0.15, 0.2) is 0 Å². The zero-order valence-electron chi connectivity index (χ0n) is 27.0. The van der Waals surface area contributed by atoms with Crippen LogP contribution >= 0.6 is 0 Å². The minimum absolute atomic E-state index is 0.00328. The predicted molar refractivity (Wildman–Crippen MR) is 162 cm³/mol. The highest BCUT2D eigenvalue weighted by Gasteiger charge is 1.98. The molecule has 16 heteroatoms. The number of aliphatic carboxylic acids is 1. The van der Waals surface area contributed by atoms with Crippen LogP contribution in [0.25, 0.3) is 0 Å². The largest absolute Gasteiger partial charge is 0.481 e. The molecule has 0 atom stereocenters. The Morgan fingerprint density at radius 3 is 0.622 bits per heavy atom. The van der Waals surface area contributed by atoms with Crippen molar-refractivity contribution in [3.63, 3.8) is 0 Å². The van der Waals surface area contributed by atoms with Crippen molar-refractivity contribution < 1.29 is 71.5 Å². The van der Waals surface area contributed by atoms with Crippen molar-refractivity contribution in [2.45, 2.75) is 6.42 Å². The van der Waals surface area contributed by atoms with E-state index in [9.17, 15) is 4.79 Å². The third kappa shape index (κ3) is 42.9. The molecular formula is C29H59NO15. The molecule has 0 aromatic rings. The molecule has 0 saturated heterocycles. The lowest BCUT2D eigenvalue weighted by molar-refractivity contribution is -0.138. The normalized spacial score (nSPS) is 11.5. The van der Waals surface area contributed by atoms with Crippen LogP contribution in [-0.4, -0.2) is 189 Å². The molecule has 0 unspecified atom stereocenters. The summed E-state index contributed by atoms with van der Waals surface area (Å²) in [7, 11) is 0. The first-order valence-electron chi connectivity index (χ1n) is 15.7. The summed E-state index contributed by atoms with van der Waals surface area (Å²) in [4.78, 5) is 10.3. The van der Waals surface area contributed by atoms with Gasteiger partial charge in [0, 0.05) is 6.54 Å². The number of carboxylic acids is 1. The molecule has 0 aliphatic rings. The number of carboxylic acid groups (broad SMARTS) is 1. The first-order valence-corrected chi connectivity index (χ1v) is 15.7. The van der Waals surface area contributed by atoms with E-state index in [1.54, 1.807) is 0 Å². The van der Waals surface area contributed by atoms with Gasteiger partial charge in [0.25, 0.3) is 0 Å². The van der Waals surface area contributed by atoms with E-state index < -0.39 is 5.97 Å². The Bertz CT molecular complexity index is 566. The van der Waals surface area contributed by atoms with Crippen LogP contribution in [0.2, 0.25) is 0 Å². The van der Waals surface area contributed by atoms with Crippen molar-refractivity contribution in [1.82, 2.24) is 0 Å². The molecule has 0 rings (SSSR count). The smallest absolute Gasteiger partial charge is 0.305 e. The fourth-order valence-electron chi connectivity index (χ4n) is 2.98. The molecule has 45 heavy (non-hydrogen) atoms. The van der Waals surface area contributed by atoms with Crippen molar-refractivity contribution in [3.8, 4) is 0 Å². The molecule has 0 saturated carbocycles. The van der Waals surface area contributed by atoms with Crippen LogP contribution in [0.1, 0.15) is 6.42 Å². The number of carbonyl (C=O) groups is 1. The molecule has 0 aliphatic carbocycles. The molecule has 270 valence electrons. The molecule has 0 heterocycles. The van der Waals surface area contributed by atoms with Crippen LogP contribution in [0.5, 0.6) is 0 Å². The van der Waals surface area contributed by atoms with E-state index in [1.165, 1.54) is 0 Å². The SMILES string of the molecule is NCCOCCOCCOCCOCCOCCOCCOCCOCCOCCOCCOCCOCCOCCC(=O)O. The van der Waals surface area contributed by atoms with Gasteiger partial charge in [-0.2, -0.15) is 0 Å². The summed E-state index contributed by atoms with van der Waals surface area (Å²) in [6.45, 7) is 13.0. The third-order valence-electron chi connectivity index (χ3n) is 5.19. The molecule has 0 spiro atoms. The number of hydrogen-bond acceptors (Lipinski definition) is 15. The number of ether oxygens (including phenoxy) is 13. The first-order chi connectivity index (χ1) is 22.3. The lowest BCUT2D eigenvalue weighted by atomic mass is 10.5. The second-order valence-corrected chi connectivity index (χ2v) is 8.89. The van der Waals surface area contributed by atoms with Gasteiger partial charge in [-0.3, -0.25) is 4.79 Å². The van der Waals surface area contributed by atoms with Crippen molar-refractivity contribution >= 4 is 5.97 Å². The molecule has 0 aliphatic heterocycles. The minimum Gasteiger partial charge on any atom is -0.481 e. The van der Waals surface area contributed by atoms with Gasteiger partial charge < -0.3 is 72.4 Å². The standard InChI is InChI=1S/C29H59NO15/c30-2-4-34-6-8-36-10-12-38-14-16-40-18-20-42-22-24-44-26-28-45-27-25-43-23-21-41-19-17-39-15-13-37-11-9-35-7-5-33-3-1-29(31)32/h1-28,30H2,(H,31,32). The van der Waals surface area contributed by atoms with Crippen molar-refractivity contribution in [1.29, 1.82) is 0 Å². The van der Waals surface area contributed by atoms with Crippen LogP contribution in [0.15, 0.2) is 0 Å². The number of nitrogens with two attached hydrogens (primary N) is 1. The highest BCUT2D eigenvalue weighted by molar-refractivity contribution is 5.66. The van der Waals surface area contributed by atoms with E-state index >= 15 is 0 Å². The zero-order chi connectivity index (χ0) is 32.6. The Labute approximate surface area is 268 Å². The maximum Gasteiger partial charge on any atom is 0.305 e. The van der Waals surface area contributed by atoms with Gasteiger partial charge >= 0.3 is 5.97 Å². The fourth-order valence-corrected chi connectivity index (χ4v) is 2.98. The van der Waals surface area contributed by atoms with Crippen LogP contribution in [-0.2, 0) is 66.4 Å². The number of hydrogen-bond donors (Lipinski definition) is 2. The average molecular weight is 662 g/mol. The maximum atomic E-state index is 10.3. The Balaban J connectivity index is 3.04. The Kier molecular flexibility index (Phi) is 39.9. The van der Waals surface area contributed by atoms with Crippen LogP contribution in [0.3, 0.4) is 0 Å². The summed E-state index contributed by atoms with van der Waals surface area (Å²) < 4.78 is 69.9. The molecule has 0 aromatic carbocycles. The van der Waals surface area contributed by atoms with Gasteiger partial charge in [-0.05, 0) is 0 Å². The van der Waals surface area contributed by atoms with Crippen LogP contribution < -0.4 is 5.73 Å². The highest BCUT2D eigenvalue weighted by Crippen LogP contribution is 1.88. The average Bonchev–Trinajstić information content (AvgIpc) is 3.03. The first kappa shape index (κ1) is 43.9. The van der Waals surface area contributed by atoms with Crippen molar-refractivity contribution in [2.75, 3.05) is 178 Å². The van der Waals surface area contributed by atoms with Gasteiger partial charge in [-0.25, -0.2) is 0 Å². The van der Waals surface area contributed by atoms with Crippen molar-refractivity contribution in [2.24, 2.45) is 5.73 Å². The summed E-state index contributed by atoms with van der Waals surface area (Å²) in [5, 5.41) is 8.48. The van der Waals surface area contributed by atoms with Crippen LogP contribution in [0.4, 0.5) is 0 Å². The quantitative estimate of drug-likeness (QED) is 0.0809. The second kappa shape index (κ2) is 40.9. The maximum absolute atomic E-state index is 10.3. The van der Waals surface area contributed by atoms with Gasteiger partial charge in [-0.1, -0.05) is 0 Å². The van der Waals surface area contributed by atoms with Crippen LogP contribution in [0, 0.1) is 0 Å². The van der Waals surface area contributed by atoms with E-state index in [0.29, 0.717) is 172 Å². The predicted octanol–water partition coefficient (Wildman–Crippen LogP) is -0.364. The third-order valence-corrected chi connectivity index (χ3v) is 5.19. The Hall–Kier alpha value is -1.09. The van der Waals surface area contributed by atoms with Gasteiger partial charge in [-0.15, -0.1) is 0 Å². The zero-order valence-corrected chi connectivity index (χ0v) is 27.0.